The summed E-state index contributed by atoms with van der Waals surface area (Å²) in [6, 6.07) is 9.89. The number of aliphatic imine (C=N–C) groups is 1. The summed E-state index contributed by atoms with van der Waals surface area (Å²) in [5.74, 6) is -3.65. The van der Waals surface area contributed by atoms with E-state index in [4.69, 9.17) is 11.5 Å². The number of aliphatic hydroxyl groups is 1. The number of para-hydroxylation sites is 1. The number of carbonyl (C=O) groups excluding carboxylic acids is 7. The molecule has 11 N–H and O–H groups in total. The van der Waals surface area contributed by atoms with Crippen LogP contribution in [0.2, 0.25) is 0 Å². The number of aromatic amines is 1. The fourth-order valence-electron chi connectivity index (χ4n) is 8.20. The van der Waals surface area contributed by atoms with Crippen LogP contribution in [0.3, 0.4) is 0 Å². The van der Waals surface area contributed by atoms with Crippen LogP contribution in [-0.4, -0.2) is 125 Å². The quantitative estimate of drug-likeness (QED) is 0.0764. The first kappa shape index (κ1) is 47.9. The van der Waals surface area contributed by atoms with Crippen LogP contribution in [0.25, 0.3) is 10.9 Å². The van der Waals surface area contributed by atoms with Crippen molar-refractivity contribution in [1.29, 1.82) is 0 Å². The van der Waals surface area contributed by atoms with Crippen LogP contribution >= 0.6 is 0 Å². The molecule has 0 radical (unpaired) electrons. The monoisotopic (exact) mass is 870 g/mol. The zero-order chi connectivity index (χ0) is 45.5. The number of nitrogens with two attached hydrogens (primary N) is 2. The molecule has 0 unspecified atom stereocenters. The Balaban J connectivity index is 1.50. The number of carbonyl (C=O) groups is 7. The van der Waals surface area contributed by atoms with Crippen LogP contribution in [0.5, 0.6) is 0 Å². The van der Waals surface area contributed by atoms with E-state index in [1.54, 1.807) is 43.6 Å². The van der Waals surface area contributed by atoms with Crippen molar-refractivity contribution < 1.29 is 38.7 Å². The van der Waals surface area contributed by atoms with Crippen LogP contribution < -0.4 is 38.1 Å². The van der Waals surface area contributed by atoms with Crippen LogP contribution in [0.4, 0.5) is 0 Å². The van der Waals surface area contributed by atoms with Gasteiger partial charge in [-0.25, -0.2) is 0 Å². The Morgan fingerprint density at radius 2 is 1.48 bits per heavy atom. The van der Waals surface area contributed by atoms with E-state index in [-0.39, 0.29) is 82.0 Å². The number of likely N-dealkylation sites (N-methyl/N-ethyl adjacent to an activating group) is 1. The highest BCUT2D eigenvalue weighted by Crippen LogP contribution is 2.23. The van der Waals surface area contributed by atoms with Gasteiger partial charge in [0.05, 0.1) is 18.2 Å². The highest BCUT2D eigenvalue weighted by atomic mass is 16.3. The molecule has 18 heteroatoms. The molecule has 2 fully saturated rings. The normalized spacial score (nSPS) is 25.3. The van der Waals surface area contributed by atoms with Crippen molar-refractivity contribution in [2.45, 2.75) is 126 Å². The number of ketones is 2. The molecule has 3 aromatic rings. The highest BCUT2D eigenvalue weighted by molar-refractivity contribution is 5.97. The summed E-state index contributed by atoms with van der Waals surface area (Å²) in [4.78, 5) is 105. The third kappa shape index (κ3) is 13.9. The molecule has 2 aliphatic rings. The van der Waals surface area contributed by atoms with Gasteiger partial charge >= 0.3 is 0 Å². The van der Waals surface area contributed by atoms with Crippen LogP contribution in [0, 0.1) is 0 Å². The fourth-order valence-corrected chi connectivity index (χ4v) is 8.20. The van der Waals surface area contributed by atoms with Crippen molar-refractivity contribution in [1.82, 2.24) is 36.5 Å². The Hall–Kier alpha value is -6.14. The lowest BCUT2D eigenvalue weighted by Crippen LogP contribution is -2.59. The summed E-state index contributed by atoms with van der Waals surface area (Å²) in [6.45, 7) is 1.39. The van der Waals surface area contributed by atoms with E-state index >= 15 is 0 Å². The van der Waals surface area contributed by atoms with Gasteiger partial charge in [0.25, 0.3) is 0 Å². The summed E-state index contributed by atoms with van der Waals surface area (Å²) in [5, 5.41) is 25.8. The van der Waals surface area contributed by atoms with Crippen molar-refractivity contribution in [3.8, 4) is 0 Å². The van der Waals surface area contributed by atoms with Gasteiger partial charge in [-0.3, -0.25) is 38.6 Å². The standard InChI is InChI=1S/C45H62N10O8/c1-27(56)33-16-8-4-7-14-30(57)19-20-36(48-2)44(63)55-26-31(58)24-39(55)43(62)54-37(22-28-12-5-3-6-13-28)41(60)52-35(18-11-21-49-45(46)47)40(59)53-38(42(61)51-33)23-29-25-50-34-17-10-9-15-32(29)34/h3,5-6,9-10,12-13,15,17,25,31,33,35-39,48,50,58H,4,7-8,11,14,16,18-24,26H2,1-2H3,(H,51,61)(H,52,60)(H,53,59)(H,54,62)(H4,46,47,49)/t31-,33+,35+,36+,37-,38+,39+/m1/s1. The van der Waals surface area contributed by atoms with E-state index in [1.165, 1.54) is 11.8 Å². The number of amides is 5. The summed E-state index contributed by atoms with van der Waals surface area (Å²) in [5.41, 5.74) is 13.4. The summed E-state index contributed by atoms with van der Waals surface area (Å²) in [6.07, 6.45) is 3.48. The third-order valence-corrected chi connectivity index (χ3v) is 11.7. The molecule has 0 spiro atoms. The summed E-state index contributed by atoms with van der Waals surface area (Å²) in [7, 11) is 1.59. The van der Waals surface area contributed by atoms with E-state index in [2.05, 4.69) is 36.6 Å². The number of hydrogen-bond donors (Lipinski definition) is 9. The second kappa shape index (κ2) is 23.3. The van der Waals surface area contributed by atoms with Gasteiger partial charge in [-0.15, -0.1) is 0 Å². The first-order valence-electron chi connectivity index (χ1n) is 21.8. The van der Waals surface area contributed by atoms with Crippen molar-refractivity contribution in [2.24, 2.45) is 16.5 Å². The highest BCUT2D eigenvalue weighted by Gasteiger charge is 2.42. The second-order valence-corrected chi connectivity index (χ2v) is 16.5. The van der Waals surface area contributed by atoms with Gasteiger partial charge in [0.1, 0.15) is 30.0 Å². The molecule has 2 aliphatic heterocycles. The lowest BCUT2D eigenvalue weighted by Gasteiger charge is -2.30. The maximum Gasteiger partial charge on any atom is 0.243 e. The molecule has 1 aromatic heterocycles. The molecular formula is C45H62N10O8. The van der Waals surface area contributed by atoms with Crippen molar-refractivity contribution in [3.63, 3.8) is 0 Å². The molecule has 340 valence electrons. The lowest BCUT2D eigenvalue weighted by molar-refractivity contribution is -0.141. The van der Waals surface area contributed by atoms with Gasteiger partial charge in [-0.1, -0.05) is 61.4 Å². The number of aromatic nitrogens is 1. The van der Waals surface area contributed by atoms with Crippen molar-refractivity contribution in [3.05, 3.63) is 71.9 Å². The van der Waals surface area contributed by atoms with Gasteiger partial charge < -0.3 is 53.0 Å². The number of guanidine groups is 1. The average molecular weight is 871 g/mol. The fraction of sp³-hybridized carbons (Fsp3) is 0.511. The van der Waals surface area contributed by atoms with Crippen LogP contribution in [-0.2, 0) is 46.4 Å². The summed E-state index contributed by atoms with van der Waals surface area (Å²) >= 11 is 0. The number of rotatable bonds is 10. The Morgan fingerprint density at radius 3 is 2.21 bits per heavy atom. The minimum absolute atomic E-state index is 0.00323. The molecule has 2 saturated heterocycles. The Labute approximate surface area is 367 Å². The van der Waals surface area contributed by atoms with E-state index in [0.29, 0.717) is 31.2 Å². The number of aliphatic hydroxyl groups excluding tert-OH is 1. The molecule has 0 aliphatic carbocycles. The predicted octanol–water partition coefficient (Wildman–Crippen LogP) is 0.398. The summed E-state index contributed by atoms with van der Waals surface area (Å²) < 4.78 is 0. The second-order valence-electron chi connectivity index (χ2n) is 16.5. The Morgan fingerprint density at radius 1 is 0.810 bits per heavy atom. The largest absolute Gasteiger partial charge is 0.391 e. The van der Waals surface area contributed by atoms with Crippen molar-refractivity contribution >= 4 is 58.0 Å². The van der Waals surface area contributed by atoms with E-state index < -0.39 is 71.9 Å². The number of Topliss-reactive ketones (excluding diaryl/α,β-unsaturated/α-hetero) is 2. The first-order valence-corrected chi connectivity index (χ1v) is 21.8. The maximum absolute atomic E-state index is 14.4. The minimum Gasteiger partial charge on any atom is -0.391 e. The van der Waals surface area contributed by atoms with E-state index in [1.807, 2.05) is 24.3 Å². The molecule has 5 rings (SSSR count). The third-order valence-electron chi connectivity index (χ3n) is 11.7. The van der Waals surface area contributed by atoms with E-state index in [0.717, 1.165) is 16.5 Å². The van der Waals surface area contributed by atoms with Gasteiger partial charge in [0, 0.05) is 62.3 Å². The van der Waals surface area contributed by atoms with Crippen LogP contribution in [0.1, 0.15) is 82.3 Å². The molecule has 5 amide bonds. The lowest BCUT2D eigenvalue weighted by atomic mass is 9.99. The maximum atomic E-state index is 14.4. The smallest absolute Gasteiger partial charge is 0.243 e. The van der Waals surface area contributed by atoms with Gasteiger partial charge in [-0.2, -0.15) is 0 Å². The van der Waals surface area contributed by atoms with Gasteiger partial charge in [0.15, 0.2) is 11.7 Å². The van der Waals surface area contributed by atoms with E-state index in [9.17, 15) is 38.7 Å². The molecule has 0 saturated carbocycles. The number of fused-ring (bicyclic) bond motifs is 2. The van der Waals surface area contributed by atoms with Gasteiger partial charge in [-0.05, 0) is 63.3 Å². The zero-order valence-electron chi connectivity index (χ0n) is 36.1. The Kier molecular flexibility index (Phi) is 17.8. The van der Waals surface area contributed by atoms with Crippen LogP contribution in [0.15, 0.2) is 65.8 Å². The molecular weight excluding hydrogens is 809 g/mol. The predicted molar refractivity (Wildman–Crippen MR) is 237 cm³/mol. The average Bonchev–Trinajstić information content (AvgIpc) is 3.86. The molecule has 7 atom stereocenters. The molecule has 3 heterocycles. The first-order chi connectivity index (χ1) is 30.2. The van der Waals surface area contributed by atoms with Gasteiger partial charge in [0.2, 0.25) is 29.5 Å². The topological polar surface area (TPSA) is 283 Å². The minimum atomic E-state index is -1.26. The number of hydrogen-bond acceptors (Lipinski definition) is 10. The SMILES string of the molecule is CN[C@H]1CCC(=O)CCCCC[C@@H](C(C)=O)NC(=O)[C@H](Cc2c[nH]c3ccccc23)NC(=O)[C@H](CCCN=C(N)N)NC(=O)[C@@H](Cc2ccccc2)NC(=O)[C@@H]2C[C@@H](O)CN2C1=O. The molecule has 63 heavy (non-hydrogen) atoms. The molecule has 0 bridgehead atoms. The zero-order valence-corrected chi connectivity index (χ0v) is 36.1. The number of benzene rings is 2. The number of nitrogens with one attached hydrogen (secondary N) is 6. The number of H-pyrrole nitrogens is 1. The molecule has 2 aromatic carbocycles. The van der Waals surface area contributed by atoms with Crippen molar-refractivity contribution in [2.75, 3.05) is 20.1 Å². The molecule has 18 nitrogen and oxygen atoms in total. The Bertz CT molecular complexity index is 2100. The number of nitrogens with zero attached hydrogens (tertiary/aromatic N) is 2.